The summed E-state index contributed by atoms with van der Waals surface area (Å²) in [6.45, 7) is 0.729. The molecule has 20 heavy (non-hydrogen) atoms. The largest absolute Gasteiger partial charge is 0.396 e. The van der Waals surface area contributed by atoms with Gasteiger partial charge in [-0.3, -0.25) is 10.1 Å². The lowest BCUT2D eigenvalue weighted by molar-refractivity contribution is -0.384. The molecule has 0 fully saturated rings. The predicted octanol–water partition coefficient (Wildman–Crippen LogP) is 2.27. The molecular weight excluding hydrogens is 262 g/mol. The highest BCUT2D eigenvalue weighted by Gasteiger charge is 2.07. The molecule has 110 valence electrons. The number of carbonyl (C=O) groups is 1. The van der Waals surface area contributed by atoms with Crippen LogP contribution in [-0.2, 0) is 0 Å². The molecule has 3 N–H and O–H groups in total. The molecule has 1 rings (SSSR count). The van der Waals surface area contributed by atoms with Gasteiger partial charge in [0, 0.05) is 31.0 Å². The minimum atomic E-state index is -0.510. The molecule has 0 unspecified atom stereocenters. The Labute approximate surface area is 117 Å². The van der Waals surface area contributed by atoms with Crippen LogP contribution < -0.4 is 10.6 Å². The Morgan fingerprint density at radius 2 is 2.00 bits per heavy atom. The summed E-state index contributed by atoms with van der Waals surface area (Å²) in [5.41, 5.74) is 0.323. The maximum atomic E-state index is 11.6. The summed E-state index contributed by atoms with van der Waals surface area (Å²) in [7, 11) is 0. The van der Waals surface area contributed by atoms with Crippen LogP contribution in [0.1, 0.15) is 25.7 Å². The van der Waals surface area contributed by atoms with E-state index in [0.717, 1.165) is 25.7 Å². The maximum Gasteiger partial charge on any atom is 0.319 e. The molecule has 0 atom stereocenters. The molecule has 1 aromatic carbocycles. The molecule has 0 saturated heterocycles. The van der Waals surface area contributed by atoms with Gasteiger partial charge in [-0.1, -0.05) is 18.9 Å². The summed E-state index contributed by atoms with van der Waals surface area (Å²) in [5, 5.41) is 24.4. The fourth-order valence-corrected chi connectivity index (χ4v) is 1.66. The second kappa shape index (κ2) is 8.87. The lowest BCUT2D eigenvalue weighted by atomic mass is 10.2. The van der Waals surface area contributed by atoms with Gasteiger partial charge in [0.2, 0.25) is 0 Å². The van der Waals surface area contributed by atoms with Gasteiger partial charge in [0.1, 0.15) is 0 Å². The van der Waals surface area contributed by atoms with Crippen molar-refractivity contribution in [2.75, 3.05) is 18.5 Å². The number of aliphatic hydroxyl groups excluding tert-OH is 1. The molecule has 0 bridgehead atoms. The number of nitrogens with one attached hydrogen (secondary N) is 2. The van der Waals surface area contributed by atoms with Crippen molar-refractivity contribution in [3.05, 3.63) is 34.4 Å². The van der Waals surface area contributed by atoms with E-state index in [4.69, 9.17) is 5.11 Å². The van der Waals surface area contributed by atoms with Gasteiger partial charge in [-0.15, -0.1) is 0 Å². The molecule has 1 aromatic rings. The summed E-state index contributed by atoms with van der Waals surface area (Å²) in [6, 6.07) is 5.40. The molecule has 0 aliphatic rings. The number of hydrogen-bond donors (Lipinski definition) is 3. The first kappa shape index (κ1) is 15.9. The van der Waals surface area contributed by atoms with Crippen molar-refractivity contribution in [3.8, 4) is 0 Å². The molecule has 7 nitrogen and oxygen atoms in total. The summed E-state index contributed by atoms with van der Waals surface area (Å²) in [6.07, 6.45) is 3.49. The summed E-state index contributed by atoms with van der Waals surface area (Å²) in [5.74, 6) is 0. The average molecular weight is 281 g/mol. The van der Waals surface area contributed by atoms with Gasteiger partial charge >= 0.3 is 6.03 Å². The number of nitro benzene ring substituents is 1. The highest BCUT2D eigenvalue weighted by atomic mass is 16.6. The van der Waals surface area contributed by atoms with Crippen LogP contribution in [0, 0.1) is 10.1 Å². The fourth-order valence-electron chi connectivity index (χ4n) is 1.66. The molecule has 2 amide bonds. The third-order valence-electron chi connectivity index (χ3n) is 2.69. The molecule has 7 heteroatoms. The van der Waals surface area contributed by atoms with Crippen LogP contribution in [0.15, 0.2) is 24.3 Å². The maximum absolute atomic E-state index is 11.6. The first-order valence-electron chi connectivity index (χ1n) is 6.53. The van der Waals surface area contributed by atoms with Crippen LogP contribution >= 0.6 is 0 Å². The van der Waals surface area contributed by atoms with Gasteiger partial charge in [-0.05, 0) is 18.9 Å². The van der Waals surface area contributed by atoms with Gasteiger partial charge < -0.3 is 15.7 Å². The molecule has 0 aromatic heterocycles. The molecule has 0 radical (unpaired) electrons. The highest BCUT2D eigenvalue weighted by molar-refractivity contribution is 5.89. The van der Waals surface area contributed by atoms with Crippen molar-refractivity contribution in [3.63, 3.8) is 0 Å². The number of unbranched alkanes of at least 4 members (excludes halogenated alkanes) is 3. The number of non-ortho nitro benzene ring substituents is 1. The normalized spacial score (nSPS) is 10.1. The molecule has 0 heterocycles. The van der Waals surface area contributed by atoms with Crippen LogP contribution in [0.25, 0.3) is 0 Å². The van der Waals surface area contributed by atoms with Crippen LogP contribution in [0.5, 0.6) is 0 Å². The Morgan fingerprint density at radius 3 is 2.70 bits per heavy atom. The van der Waals surface area contributed by atoms with Crippen molar-refractivity contribution in [1.82, 2.24) is 5.32 Å². The van der Waals surface area contributed by atoms with Gasteiger partial charge in [0.25, 0.3) is 5.69 Å². The Morgan fingerprint density at radius 1 is 1.25 bits per heavy atom. The average Bonchev–Trinajstić information content (AvgIpc) is 2.43. The van der Waals surface area contributed by atoms with E-state index < -0.39 is 4.92 Å². The number of benzene rings is 1. The molecule has 0 aliphatic heterocycles. The lowest BCUT2D eigenvalue weighted by Gasteiger charge is -2.07. The second-order valence-corrected chi connectivity index (χ2v) is 4.33. The SMILES string of the molecule is O=C(NCCCCCCO)Nc1cccc([N+](=O)[O-])c1. The zero-order valence-corrected chi connectivity index (χ0v) is 11.2. The van der Waals surface area contributed by atoms with E-state index in [1.165, 1.54) is 18.2 Å². The quantitative estimate of drug-likeness (QED) is 0.386. The van der Waals surface area contributed by atoms with Gasteiger partial charge in [0.05, 0.1) is 4.92 Å². The minimum Gasteiger partial charge on any atom is -0.396 e. The number of nitro groups is 1. The number of aliphatic hydroxyl groups is 1. The lowest BCUT2D eigenvalue weighted by Crippen LogP contribution is -2.29. The summed E-state index contributed by atoms with van der Waals surface area (Å²) in [4.78, 5) is 21.6. The Bertz CT molecular complexity index is 451. The Kier molecular flexibility index (Phi) is 7.05. The first-order valence-corrected chi connectivity index (χ1v) is 6.53. The number of nitrogens with zero attached hydrogens (tertiary/aromatic N) is 1. The number of carbonyl (C=O) groups excluding carboxylic acids is 1. The van der Waals surface area contributed by atoms with Crippen LogP contribution in [0.3, 0.4) is 0 Å². The summed E-state index contributed by atoms with van der Waals surface area (Å²) < 4.78 is 0. The molecule has 0 aliphatic carbocycles. The summed E-state index contributed by atoms with van der Waals surface area (Å²) >= 11 is 0. The molecular formula is C13H19N3O4. The zero-order valence-electron chi connectivity index (χ0n) is 11.2. The van der Waals surface area contributed by atoms with Gasteiger partial charge in [-0.25, -0.2) is 4.79 Å². The van der Waals surface area contributed by atoms with Crippen molar-refractivity contribution < 1.29 is 14.8 Å². The van der Waals surface area contributed by atoms with E-state index >= 15 is 0 Å². The first-order chi connectivity index (χ1) is 9.63. The standard InChI is InChI=1S/C13H19N3O4/c17-9-4-2-1-3-8-14-13(18)15-11-6-5-7-12(10-11)16(19)20/h5-7,10,17H,1-4,8-9H2,(H2,14,15,18). The van der Waals surface area contributed by atoms with E-state index in [1.54, 1.807) is 6.07 Å². The number of urea groups is 1. The minimum absolute atomic E-state index is 0.0631. The Hall–Kier alpha value is -2.15. The van der Waals surface area contributed by atoms with E-state index in [9.17, 15) is 14.9 Å². The predicted molar refractivity (Wildman–Crippen MR) is 75.7 cm³/mol. The molecule has 0 saturated carbocycles. The number of rotatable bonds is 8. The van der Waals surface area contributed by atoms with E-state index in [1.807, 2.05) is 0 Å². The topological polar surface area (TPSA) is 104 Å². The number of anilines is 1. The van der Waals surface area contributed by atoms with Crippen LogP contribution in [-0.4, -0.2) is 29.2 Å². The molecule has 0 spiro atoms. The van der Waals surface area contributed by atoms with Gasteiger partial charge in [-0.2, -0.15) is 0 Å². The van der Waals surface area contributed by atoms with E-state index in [0.29, 0.717) is 12.2 Å². The second-order valence-electron chi connectivity index (χ2n) is 4.33. The number of amides is 2. The van der Waals surface area contributed by atoms with E-state index in [2.05, 4.69) is 10.6 Å². The van der Waals surface area contributed by atoms with Crippen molar-refractivity contribution in [1.29, 1.82) is 0 Å². The fraction of sp³-hybridized carbons (Fsp3) is 0.462. The van der Waals surface area contributed by atoms with Crippen LogP contribution in [0.4, 0.5) is 16.2 Å². The zero-order chi connectivity index (χ0) is 14.8. The Balaban J connectivity index is 2.28. The van der Waals surface area contributed by atoms with Crippen molar-refractivity contribution >= 4 is 17.4 Å². The van der Waals surface area contributed by atoms with Crippen LogP contribution in [0.2, 0.25) is 0 Å². The highest BCUT2D eigenvalue weighted by Crippen LogP contribution is 2.16. The van der Waals surface area contributed by atoms with E-state index in [-0.39, 0.29) is 18.3 Å². The smallest absolute Gasteiger partial charge is 0.319 e. The van der Waals surface area contributed by atoms with Crippen molar-refractivity contribution in [2.24, 2.45) is 0 Å². The monoisotopic (exact) mass is 281 g/mol. The van der Waals surface area contributed by atoms with Gasteiger partial charge in [0.15, 0.2) is 0 Å². The third kappa shape index (κ3) is 6.14. The number of hydrogen-bond acceptors (Lipinski definition) is 4. The van der Waals surface area contributed by atoms with Crippen molar-refractivity contribution in [2.45, 2.75) is 25.7 Å². The third-order valence-corrected chi connectivity index (χ3v) is 2.69.